The van der Waals surface area contributed by atoms with Gasteiger partial charge in [0.1, 0.15) is 11.4 Å². The largest absolute Gasteiger partial charge is 0.543 e. The van der Waals surface area contributed by atoms with Gasteiger partial charge in [-0.3, -0.25) is 9.59 Å². The van der Waals surface area contributed by atoms with Crippen LogP contribution >= 0.6 is 23.5 Å². The van der Waals surface area contributed by atoms with Crippen LogP contribution in [-0.2, 0) is 14.4 Å². The molecule has 0 spiro atoms. The number of carbonyl (C=O) groups is 3. The normalized spacial score (nSPS) is 20.1. The minimum atomic E-state index is -1.29. The highest BCUT2D eigenvalue weighted by Gasteiger charge is 2.31. The van der Waals surface area contributed by atoms with Crippen molar-refractivity contribution >= 4 is 41.2 Å². The maximum absolute atomic E-state index is 11.6. The second-order valence-corrected chi connectivity index (χ2v) is 6.36. The molecule has 0 unspecified atom stereocenters. The molecular formula is C12H17N2O4S2-. The first kappa shape index (κ1) is 16.9. The van der Waals surface area contributed by atoms with Crippen molar-refractivity contribution in [2.75, 3.05) is 17.8 Å². The highest BCUT2D eigenvalue weighted by atomic mass is 32.2. The fraction of sp³-hybridized carbons (Fsp3) is 0.583. The summed E-state index contributed by atoms with van der Waals surface area (Å²) in [6.45, 7) is 2.68. The van der Waals surface area contributed by atoms with Crippen molar-refractivity contribution in [3.05, 3.63) is 11.3 Å². The fourth-order valence-corrected chi connectivity index (χ4v) is 3.83. The molecule has 112 valence electrons. The molecule has 1 aliphatic heterocycles. The van der Waals surface area contributed by atoms with E-state index in [1.807, 2.05) is 6.26 Å². The van der Waals surface area contributed by atoms with Crippen molar-refractivity contribution in [3.8, 4) is 0 Å². The molecule has 1 rings (SSSR count). The van der Waals surface area contributed by atoms with Crippen molar-refractivity contribution in [2.45, 2.75) is 25.3 Å². The van der Waals surface area contributed by atoms with Crippen molar-refractivity contribution < 1.29 is 19.5 Å². The number of hydrogen-bond donors (Lipinski definition) is 2. The average Bonchev–Trinajstić information content (AvgIpc) is 2.36. The van der Waals surface area contributed by atoms with Gasteiger partial charge in [0.2, 0.25) is 5.91 Å². The zero-order chi connectivity index (χ0) is 15.3. The van der Waals surface area contributed by atoms with Gasteiger partial charge < -0.3 is 20.5 Å². The lowest BCUT2D eigenvalue weighted by Gasteiger charge is -2.33. The summed E-state index contributed by atoms with van der Waals surface area (Å²) in [6.07, 6.45) is 1.88. The molecule has 2 atom stereocenters. The van der Waals surface area contributed by atoms with E-state index in [2.05, 4.69) is 10.6 Å². The van der Waals surface area contributed by atoms with Gasteiger partial charge in [-0.05, 0) is 18.8 Å². The Kier molecular flexibility index (Phi) is 6.41. The average molecular weight is 317 g/mol. The first-order valence-electron chi connectivity index (χ1n) is 5.94. The van der Waals surface area contributed by atoms with Gasteiger partial charge in [0, 0.05) is 18.4 Å². The van der Waals surface area contributed by atoms with Gasteiger partial charge in [0.05, 0.1) is 11.7 Å². The Morgan fingerprint density at radius 3 is 2.60 bits per heavy atom. The van der Waals surface area contributed by atoms with E-state index in [4.69, 9.17) is 0 Å². The molecule has 1 amide bonds. The van der Waals surface area contributed by atoms with Crippen molar-refractivity contribution in [2.24, 2.45) is 0 Å². The summed E-state index contributed by atoms with van der Waals surface area (Å²) in [5.74, 6) is -0.770. The number of aliphatic carboxylic acids is 1. The molecule has 0 aromatic rings. The lowest BCUT2D eigenvalue weighted by atomic mass is 10.1. The zero-order valence-electron chi connectivity index (χ0n) is 11.5. The molecule has 0 aliphatic carbocycles. The topological polar surface area (TPSA) is 98.3 Å². The van der Waals surface area contributed by atoms with Crippen LogP contribution in [0.25, 0.3) is 0 Å². The summed E-state index contributed by atoms with van der Waals surface area (Å²) >= 11 is 2.92. The van der Waals surface area contributed by atoms with Crippen LogP contribution in [0.2, 0.25) is 0 Å². The molecule has 1 aliphatic rings. The van der Waals surface area contributed by atoms with E-state index in [1.165, 1.54) is 37.4 Å². The third-order valence-corrected chi connectivity index (χ3v) is 4.60. The van der Waals surface area contributed by atoms with Crippen LogP contribution < -0.4 is 15.7 Å². The van der Waals surface area contributed by atoms with Crippen molar-refractivity contribution in [1.82, 2.24) is 10.6 Å². The van der Waals surface area contributed by atoms with Gasteiger partial charge in [0.15, 0.2) is 5.78 Å². The number of thioether (sulfide) groups is 2. The second-order valence-electron chi connectivity index (χ2n) is 4.36. The number of carboxylic acids is 1. The summed E-state index contributed by atoms with van der Waals surface area (Å²) in [4.78, 5) is 33.9. The van der Waals surface area contributed by atoms with E-state index < -0.39 is 17.4 Å². The van der Waals surface area contributed by atoms with Gasteiger partial charge in [-0.25, -0.2) is 0 Å². The SMILES string of the molecule is CSCC1=C(C(=O)[O-])N[C@@H]([C@H](NC(C)=O)C(C)=O)SC1. The van der Waals surface area contributed by atoms with E-state index in [-0.39, 0.29) is 17.4 Å². The molecule has 0 radical (unpaired) electrons. The molecule has 0 fully saturated rings. The summed E-state index contributed by atoms with van der Waals surface area (Å²) in [5.41, 5.74) is 0.767. The Morgan fingerprint density at radius 2 is 2.15 bits per heavy atom. The number of nitrogens with one attached hydrogen (secondary N) is 2. The standard InChI is InChI=1S/C12H18N2O4S2/c1-6(15)9(13-7(2)16)11-14-10(12(17)18)8(4-19-3)5-20-11/h9,11,14H,4-5H2,1-3H3,(H,13,16)(H,17,18)/p-1/t9-,11-/m1/s1. The first-order chi connectivity index (χ1) is 9.36. The van der Waals surface area contributed by atoms with Gasteiger partial charge in [-0.15, -0.1) is 11.8 Å². The summed E-state index contributed by atoms with van der Waals surface area (Å²) in [5, 5.41) is 16.0. The maximum atomic E-state index is 11.6. The number of carboxylic acid groups (broad SMARTS) is 1. The summed E-state index contributed by atoms with van der Waals surface area (Å²) in [6, 6.07) is -0.761. The molecule has 0 bridgehead atoms. The Morgan fingerprint density at radius 1 is 1.50 bits per heavy atom. The molecule has 0 saturated carbocycles. The van der Waals surface area contributed by atoms with Crippen LogP contribution in [0.3, 0.4) is 0 Å². The van der Waals surface area contributed by atoms with E-state index in [1.54, 1.807) is 0 Å². The molecule has 20 heavy (non-hydrogen) atoms. The fourth-order valence-electron chi connectivity index (χ4n) is 1.83. The first-order valence-corrected chi connectivity index (χ1v) is 8.39. The Hall–Kier alpha value is -1.15. The van der Waals surface area contributed by atoms with Crippen LogP contribution in [-0.4, -0.2) is 46.8 Å². The third kappa shape index (κ3) is 4.45. The molecule has 6 nitrogen and oxygen atoms in total. The highest BCUT2D eigenvalue weighted by molar-refractivity contribution is 8.00. The molecule has 8 heteroatoms. The monoisotopic (exact) mass is 317 g/mol. The van der Waals surface area contributed by atoms with Crippen molar-refractivity contribution in [1.29, 1.82) is 0 Å². The minimum absolute atomic E-state index is 0.0275. The van der Waals surface area contributed by atoms with Crippen LogP contribution in [0.4, 0.5) is 0 Å². The van der Waals surface area contributed by atoms with Gasteiger partial charge in [0.25, 0.3) is 0 Å². The quantitative estimate of drug-likeness (QED) is 0.656. The van der Waals surface area contributed by atoms with Crippen LogP contribution in [0.1, 0.15) is 13.8 Å². The van der Waals surface area contributed by atoms with Crippen LogP contribution in [0.15, 0.2) is 11.3 Å². The third-order valence-electron chi connectivity index (χ3n) is 2.70. The number of Topliss-reactive ketones (excluding diaryl/α,β-unsaturated/α-hetero) is 1. The number of carbonyl (C=O) groups excluding carboxylic acids is 3. The van der Waals surface area contributed by atoms with E-state index >= 15 is 0 Å². The minimum Gasteiger partial charge on any atom is -0.543 e. The van der Waals surface area contributed by atoms with Crippen LogP contribution in [0, 0.1) is 0 Å². The molecule has 0 saturated heterocycles. The Bertz CT molecular complexity index is 451. The Balaban J connectivity index is 2.93. The van der Waals surface area contributed by atoms with E-state index in [9.17, 15) is 19.5 Å². The second kappa shape index (κ2) is 7.58. The summed E-state index contributed by atoms with van der Waals surface area (Å²) in [7, 11) is 0. The zero-order valence-corrected chi connectivity index (χ0v) is 13.2. The van der Waals surface area contributed by atoms with Crippen LogP contribution in [0.5, 0.6) is 0 Å². The smallest absolute Gasteiger partial charge is 0.217 e. The molecule has 0 aromatic carbocycles. The molecule has 2 N–H and O–H groups in total. The van der Waals surface area contributed by atoms with Gasteiger partial charge in [-0.1, -0.05) is 0 Å². The number of hydrogen-bond acceptors (Lipinski definition) is 7. The maximum Gasteiger partial charge on any atom is 0.217 e. The Labute approximate surface area is 126 Å². The molecule has 1 heterocycles. The predicted molar refractivity (Wildman–Crippen MR) is 78.1 cm³/mol. The van der Waals surface area contributed by atoms with Gasteiger partial charge in [-0.2, -0.15) is 11.8 Å². The van der Waals surface area contributed by atoms with Crippen molar-refractivity contribution in [3.63, 3.8) is 0 Å². The number of ketones is 1. The summed E-state index contributed by atoms with van der Waals surface area (Å²) < 4.78 is 0. The lowest BCUT2D eigenvalue weighted by Crippen LogP contribution is -2.54. The van der Waals surface area contributed by atoms with Gasteiger partial charge >= 0.3 is 0 Å². The lowest BCUT2D eigenvalue weighted by molar-refractivity contribution is -0.300. The molecular weight excluding hydrogens is 300 g/mol. The number of amides is 1. The predicted octanol–water partition coefficient (Wildman–Crippen LogP) is -0.890. The van der Waals surface area contributed by atoms with E-state index in [0.717, 1.165) is 5.57 Å². The number of rotatable bonds is 6. The van der Waals surface area contributed by atoms with E-state index in [0.29, 0.717) is 11.5 Å². The highest BCUT2D eigenvalue weighted by Crippen LogP contribution is 2.26. The molecule has 0 aromatic heterocycles.